The van der Waals surface area contributed by atoms with Crippen LogP contribution in [-0.2, 0) is 0 Å². The molecule has 0 bridgehead atoms. The topological polar surface area (TPSA) is 20.2 Å². The average molecular weight is 312 g/mol. The molecule has 1 N–H and O–H groups in total. The normalized spacial score (nSPS) is 11.2. The summed E-state index contributed by atoms with van der Waals surface area (Å²) in [5.74, 6) is 0. The van der Waals surface area contributed by atoms with Gasteiger partial charge in [0.2, 0.25) is 0 Å². The Balaban J connectivity index is 0.000000332. The van der Waals surface area contributed by atoms with E-state index in [1.165, 1.54) is 43.1 Å². The van der Waals surface area contributed by atoms with Gasteiger partial charge < -0.3 is 5.11 Å². The molecule has 0 heterocycles. The van der Waals surface area contributed by atoms with E-state index in [1.54, 1.807) is 0 Å². The molecule has 0 saturated carbocycles. The number of hydrogen-bond donors (Lipinski definition) is 1. The molecule has 5 aromatic carbocycles. The summed E-state index contributed by atoms with van der Waals surface area (Å²) >= 11 is 0. The summed E-state index contributed by atoms with van der Waals surface area (Å²) in [4.78, 5) is 0. The molecule has 24 heavy (non-hydrogen) atoms. The highest BCUT2D eigenvalue weighted by atomic mass is 16.2. The van der Waals surface area contributed by atoms with E-state index in [-0.39, 0.29) is 0 Å². The minimum atomic E-state index is 0.319. The third-order valence-corrected chi connectivity index (χ3v) is 4.61. The number of aliphatic hydroxyl groups excluding tert-OH is 1. The molecule has 0 unspecified atom stereocenters. The molecule has 0 fully saturated rings. The van der Waals surface area contributed by atoms with Gasteiger partial charge in [-0.2, -0.15) is 0 Å². The van der Waals surface area contributed by atoms with E-state index in [2.05, 4.69) is 72.8 Å². The zero-order chi connectivity index (χ0) is 16.5. The average Bonchev–Trinajstić information content (AvgIpc) is 2.66. The summed E-state index contributed by atoms with van der Waals surface area (Å²) in [6, 6.07) is 26.4. The van der Waals surface area contributed by atoms with Crippen molar-refractivity contribution in [1.82, 2.24) is 0 Å². The Morgan fingerprint density at radius 1 is 0.583 bits per heavy atom. The van der Waals surface area contributed by atoms with E-state index in [1.807, 2.05) is 6.92 Å². The second-order valence-corrected chi connectivity index (χ2v) is 6.14. The lowest BCUT2D eigenvalue weighted by Crippen LogP contribution is -1.85. The second-order valence-electron chi connectivity index (χ2n) is 6.14. The van der Waals surface area contributed by atoms with Gasteiger partial charge >= 0.3 is 0 Å². The van der Waals surface area contributed by atoms with Gasteiger partial charge in [-0.1, -0.05) is 79.7 Å². The fraction of sp³-hybridized carbons (Fsp3) is 0.130. The van der Waals surface area contributed by atoms with Gasteiger partial charge in [0.1, 0.15) is 0 Å². The molecule has 0 saturated heterocycles. The van der Waals surface area contributed by atoms with Gasteiger partial charge in [0.15, 0.2) is 0 Å². The smallest absolute Gasteiger partial charge is 0.0428 e. The van der Waals surface area contributed by atoms with Crippen molar-refractivity contribution < 1.29 is 5.11 Å². The minimum absolute atomic E-state index is 0.319. The van der Waals surface area contributed by atoms with Crippen LogP contribution < -0.4 is 0 Å². The summed E-state index contributed by atoms with van der Waals surface area (Å²) in [7, 11) is 0. The number of fused-ring (bicyclic) bond motifs is 2. The lowest BCUT2D eigenvalue weighted by molar-refractivity contribution is 0.295. The Morgan fingerprint density at radius 2 is 0.875 bits per heavy atom. The molecular formula is C23H20O. The first-order valence-corrected chi connectivity index (χ1v) is 8.50. The van der Waals surface area contributed by atoms with Crippen LogP contribution in [0.1, 0.15) is 13.3 Å². The highest BCUT2D eigenvalue weighted by Crippen LogP contribution is 2.39. The Labute approximate surface area is 141 Å². The molecule has 0 spiro atoms. The minimum Gasteiger partial charge on any atom is -0.396 e. The molecule has 5 rings (SSSR count). The van der Waals surface area contributed by atoms with Gasteiger partial charge in [-0.3, -0.25) is 0 Å². The van der Waals surface area contributed by atoms with Gasteiger partial charge in [-0.25, -0.2) is 0 Å². The maximum absolute atomic E-state index is 7.88. The van der Waals surface area contributed by atoms with Crippen LogP contribution >= 0.6 is 0 Å². The molecule has 0 aromatic heterocycles. The van der Waals surface area contributed by atoms with Crippen LogP contribution in [0, 0.1) is 0 Å². The highest BCUT2D eigenvalue weighted by Gasteiger charge is 2.11. The van der Waals surface area contributed by atoms with Gasteiger partial charge in [0.05, 0.1) is 0 Å². The summed E-state index contributed by atoms with van der Waals surface area (Å²) in [5.41, 5.74) is 0. The molecule has 0 atom stereocenters. The maximum Gasteiger partial charge on any atom is 0.0428 e. The second kappa shape index (κ2) is 6.10. The van der Waals surface area contributed by atoms with Crippen LogP contribution in [0.4, 0.5) is 0 Å². The first-order valence-electron chi connectivity index (χ1n) is 8.50. The molecule has 0 aliphatic rings. The molecule has 118 valence electrons. The Hall–Kier alpha value is -2.64. The van der Waals surface area contributed by atoms with E-state index in [0.717, 1.165) is 6.42 Å². The molecule has 0 amide bonds. The van der Waals surface area contributed by atoms with Crippen molar-refractivity contribution in [3.8, 4) is 0 Å². The van der Waals surface area contributed by atoms with Crippen LogP contribution in [0.25, 0.3) is 43.1 Å². The molecular weight excluding hydrogens is 292 g/mol. The van der Waals surface area contributed by atoms with E-state index in [9.17, 15) is 0 Å². The number of benzene rings is 5. The van der Waals surface area contributed by atoms with Gasteiger partial charge in [0, 0.05) is 6.61 Å². The van der Waals surface area contributed by atoms with E-state index < -0.39 is 0 Å². The molecule has 0 radical (unpaired) electrons. The van der Waals surface area contributed by atoms with Crippen molar-refractivity contribution in [3.63, 3.8) is 0 Å². The first kappa shape index (κ1) is 14.9. The van der Waals surface area contributed by atoms with Crippen LogP contribution in [-0.4, -0.2) is 11.7 Å². The maximum atomic E-state index is 7.88. The largest absolute Gasteiger partial charge is 0.396 e. The van der Waals surface area contributed by atoms with E-state index >= 15 is 0 Å². The Bertz CT molecular complexity index is 953. The van der Waals surface area contributed by atoms with Crippen molar-refractivity contribution >= 4 is 43.1 Å². The quantitative estimate of drug-likeness (QED) is 0.292. The zero-order valence-electron chi connectivity index (χ0n) is 13.8. The van der Waals surface area contributed by atoms with Crippen LogP contribution in [0.5, 0.6) is 0 Å². The van der Waals surface area contributed by atoms with Crippen molar-refractivity contribution in [1.29, 1.82) is 0 Å². The zero-order valence-corrected chi connectivity index (χ0v) is 13.8. The van der Waals surface area contributed by atoms with Crippen LogP contribution in [0.3, 0.4) is 0 Å². The molecule has 1 nitrogen and oxygen atoms in total. The predicted molar refractivity (Wildman–Crippen MR) is 105 cm³/mol. The summed E-state index contributed by atoms with van der Waals surface area (Å²) in [5, 5.41) is 18.8. The van der Waals surface area contributed by atoms with Crippen LogP contribution in [0.15, 0.2) is 72.8 Å². The number of rotatable bonds is 1. The predicted octanol–water partition coefficient (Wildman–Crippen LogP) is 6.13. The highest BCUT2D eigenvalue weighted by molar-refractivity contribution is 6.32. The van der Waals surface area contributed by atoms with Crippen molar-refractivity contribution in [2.45, 2.75) is 13.3 Å². The molecule has 0 aliphatic carbocycles. The number of aliphatic hydroxyl groups is 1. The van der Waals surface area contributed by atoms with Gasteiger partial charge in [-0.05, 0) is 49.5 Å². The third-order valence-electron chi connectivity index (χ3n) is 4.61. The first-order chi connectivity index (χ1) is 11.8. The SMILES string of the molecule is CCCO.c1cc2cccc3c4cccc5cccc(c(c1)c23)c54. The number of hydrogen-bond acceptors (Lipinski definition) is 1. The summed E-state index contributed by atoms with van der Waals surface area (Å²) in [6.07, 6.45) is 0.875. The van der Waals surface area contributed by atoms with E-state index in [4.69, 9.17) is 5.11 Å². The Kier molecular flexibility index (Phi) is 3.79. The molecule has 0 aliphatic heterocycles. The van der Waals surface area contributed by atoms with Crippen molar-refractivity contribution in [2.24, 2.45) is 0 Å². The Morgan fingerprint density at radius 3 is 1.12 bits per heavy atom. The standard InChI is InChI=1S/C20H12.C3H8O/c1-5-13-6-2-11-17-18-12-4-8-14-7-3-10-16(20(14)18)15(9-1)19(13)17;1-2-3-4/h1-12H;4H,2-3H2,1H3. The van der Waals surface area contributed by atoms with E-state index in [0.29, 0.717) is 6.61 Å². The molecule has 1 heteroatoms. The van der Waals surface area contributed by atoms with Crippen molar-refractivity contribution in [2.75, 3.05) is 6.61 Å². The monoisotopic (exact) mass is 312 g/mol. The lowest BCUT2D eigenvalue weighted by Gasteiger charge is -2.13. The van der Waals surface area contributed by atoms with Gasteiger partial charge in [0.25, 0.3) is 0 Å². The summed E-state index contributed by atoms with van der Waals surface area (Å²) < 4.78 is 0. The van der Waals surface area contributed by atoms with Crippen LogP contribution in [0.2, 0.25) is 0 Å². The lowest BCUT2D eigenvalue weighted by atomic mass is 9.90. The fourth-order valence-corrected chi connectivity index (χ4v) is 3.58. The van der Waals surface area contributed by atoms with Crippen molar-refractivity contribution in [3.05, 3.63) is 72.8 Å². The third kappa shape index (κ3) is 2.21. The fourth-order valence-electron chi connectivity index (χ4n) is 3.58. The van der Waals surface area contributed by atoms with Gasteiger partial charge in [-0.15, -0.1) is 0 Å². The molecule has 5 aromatic rings. The summed E-state index contributed by atoms with van der Waals surface area (Å²) in [6.45, 7) is 2.25.